The average Bonchev–Trinajstić information content (AvgIpc) is 3.44. The highest BCUT2D eigenvalue weighted by molar-refractivity contribution is 6.03. The van der Waals surface area contributed by atoms with Crippen molar-refractivity contribution >= 4 is 28.0 Å². The molecule has 26 heavy (non-hydrogen) atoms. The van der Waals surface area contributed by atoms with E-state index in [0.717, 1.165) is 35.0 Å². The lowest BCUT2D eigenvalue weighted by molar-refractivity contribution is 0.0442. The van der Waals surface area contributed by atoms with Gasteiger partial charge in [-0.1, -0.05) is 30.3 Å². The normalized spacial score (nSPS) is 14.0. The Hall–Kier alpha value is -3.21. The summed E-state index contributed by atoms with van der Waals surface area (Å²) in [5.74, 6) is 0.469. The Kier molecular flexibility index (Phi) is 3.45. The fraction of sp³-hybridized carbons (Fsp3) is 0.190. The van der Waals surface area contributed by atoms with Crippen molar-refractivity contribution in [1.29, 1.82) is 0 Å². The summed E-state index contributed by atoms with van der Waals surface area (Å²) in [4.78, 5) is 21.8. The number of esters is 1. The first-order valence-electron chi connectivity index (χ1n) is 8.69. The lowest BCUT2D eigenvalue weighted by Crippen LogP contribution is -2.08. The van der Waals surface area contributed by atoms with Gasteiger partial charge in [0.15, 0.2) is 12.2 Å². The molecule has 5 rings (SSSR count). The molecule has 0 atom stereocenters. The number of carbonyl (C=O) groups is 1. The van der Waals surface area contributed by atoms with Crippen LogP contribution in [0.15, 0.2) is 59.0 Å². The Bertz CT molecular complexity index is 1100. The molecule has 0 aliphatic heterocycles. The van der Waals surface area contributed by atoms with Crippen LogP contribution in [0.2, 0.25) is 0 Å². The predicted octanol–water partition coefficient (Wildman–Crippen LogP) is 4.61. The van der Waals surface area contributed by atoms with E-state index < -0.39 is 0 Å². The highest BCUT2D eigenvalue weighted by Crippen LogP contribution is 2.40. The van der Waals surface area contributed by atoms with E-state index in [1.54, 1.807) is 0 Å². The second-order valence-corrected chi connectivity index (χ2v) is 6.54. The molecule has 0 radical (unpaired) electrons. The largest absolute Gasteiger partial charge is 0.452 e. The number of hydrogen-bond acceptors (Lipinski definition) is 5. The van der Waals surface area contributed by atoms with Gasteiger partial charge in [0.1, 0.15) is 5.52 Å². The number of nitrogens with zero attached hydrogens (tertiary/aromatic N) is 2. The molecular weight excluding hydrogens is 328 g/mol. The van der Waals surface area contributed by atoms with Gasteiger partial charge in [-0.2, -0.15) is 0 Å². The van der Waals surface area contributed by atoms with Gasteiger partial charge in [-0.15, -0.1) is 0 Å². The average molecular weight is 344 g/mol. The van der Waals surface area contributed by atoms with Crippen molar-refractivity contribution in [3.05, 3.63) is 71.7 Å². The number of aromatic nitrogens is 2. The highest BCUT2D eigenvalue weighted by Gasteiger charge is 2.27. The molecule has 0 spiro atoms. The highest BCUT2D eigenvalue weighted by atomic mass is 16.5. The summed E-state index contributed by atoms with van der Waals surface area (Å²) in [6.45, 7) is 0.00290. The summed E-state index contributed by atoms with van der Waals surface area (Å²) in [7, 11) is 0. The molecular formula is C21H16N2O3. The van der Waals surface area contributed by atoms with E-state index >= 15 is 0 Å². The van der Waals surface area contributed by atoms with E-state index in [4.69, 9.17) is 9.15 Å². The van der Waals surface area contributed by atoms with Crippen LogP contribution in [0.4, 0.5) is 0 Å². The maximum absolute atomic E-state index is 12.7. The van der Waals surface area contributed by atoms with E-state index in [-0.39, 0.29) is 12.6 Å². The zero-order valence-electron chi connectivity index (χ0n) is 14.0. The summed E-state index contributed by atoms with van der Waals surface area (Å²) in [5, 5.41) is 0.805. The van der Waals surface area contributed by atoms with Crippen LogP contribution in [-0.4, -0.2) is 15.9 Å². The lowest BCUT2D eigenvalue weighted by Gasteiger charge is -2.08. The molecule has 2 heterocycles. The minimum absolute atomic E-state index is 0.00290. The minimum atomic E-state index is -0.382. The maximum atomic E-state index is 12.7. The van der Waals surface area contributed by atoms with Crippen LogP contribution in [0.3, 0.4) is 0 Å². The van der Waals surface area contributed by atoms with Crippen LogP contribution >= 0.6 is 0 Å². The van der Waals surface area contributed by atoms with E-state index in [1.807, 2.05) is 54.6 Å². The fourth-order valence-corrected chi connectivity index (χ4v) is 3.14. The molecule has 2 aromatic heterocycles. The zero-order chi connectivity index (χ0) is 17.5. The molecule has 2 aromatic carbocycles. The van der Waals surface area contributed by atoms with Gasteiger partial charge in [-0.25, -0.2) is 9.78 Å². The van der Waals surface area contributed by atoms with Crippen LogP contribution in [0.25, 0.3) is 22.0 Å². The number of pyridine rings is 1. The second-order valence-electron chi connectivity index (χ2n) is 6.54. The molecule has 128 valence electrons. The maximum Gasteiger partial charge on any atom is 0.339 e. The summed E-state index contributed by atoms with van der Waals surface area (Å²) < 4.78 is 11.1. The van der Waals surface area contributed by atoms with Crippen molar-refractivity contribution in [2.45, 2.75) is 25.4 Å². The minimum Gasteiger partial charge on any atom is -0.452 e. The second kappa shape index (κ2) is 5.95. The van der Waals surface area contributed by atoms with Crippen molar-refractivity contribution in [3.63, 3.8) is 0 Å². The monoisotopic (exact) mass is 344 g/mol. The summed E-state index contributed by atoms with van der Waals surface area (Å²) in [5.41, 5.74) is 3.78. The number of para-hydroxylation sites is 3. The third-order valence-electron chi connectivity index (χ3n) is 4.62. The third kappa shape index (κ3) is 2.71. The topological polar surface area (TPSA) is 65.2 Å². The Morgan fingerprint density at radius 3 is 2.62 bits per heavy atom. The zero-order valence-corrected chi connectivity index (χ0v) is 14.0. The lowest BCUT2D eigenvalue weighted by atomic mass is 10.1. The van der Waals surface area contributed by atoms with Crippen LogP contribution in [0.5, 0.6) is 0 Å². The van der Waals surface area contributed by atoms with E-state index in [1.165, 1.54) is 0 Å². The SMILES string of the molecule is O=C(OCc1nc2ccccc2o1)c1cc(C2CC2)nc2ccccc12. The number of hydrogen-bond donors (Lipinski definition) is 0. The Morgan fingerprint density at radius 1 is 1.04 bits per heavy atom. The number of oxazole rings is 1. The van der Waals surface area contributed by atoms with Crippen LogP contribution < -0.4 is 0 Å². The molecule has 0 bridgehead atoms. The van der Waals surface area contributed by atoms with Gasteiger partial charge >= 0.3 is 5.97 Å². The van der Waals surface area contributed by atoms with Crippen molar-refractivity contribution < 1.29 is 13.9 Å². The van der Waals surface area contributed by atoms with Crippen LogP contribution in [0, 0.1) is 0 Å². The third-order valence-corrected chi connectivity index (χ3v) is 4.62. The van der Waals surface area contributed by atoms with E-state index in [2.05, 4.69) is 9.97 Å². The van der Waals surface area contributed by atoms with Crippen molar-refractivity contribution in [1.82, 2.24) is 9.97 Å². The molecule has 1 aliphatic carbocycles. The number of rotatable bonds is 4. The smallest absolute Gasteiger partial charge is 0.339 e. The molecule has 0 unspecified atom stereocenters. The molecule has 0 N–H and O–H groups in total. The van der Waals surface area contributed by atoms with Crippen molar-refractivity contribution in [2.75, 3.05) is 0 Å². The number of benzene rings is 2. The molecule has 0 saturated heterocycles. The van der Waals surface area contributed by atoms with Gasteiger partial charge in [0.25, 0.3) is 0 Å². The molecule has 1 saturated carbocycles. The Labute approximate surface area is 149 Å². The van der Waals surface area contributed by atoms with Gasteiger partial charge in [0, 0.05) is 17.0 Å². The van der Waals surface area contributed by atoms with Gasteiger partial charge in [-0.3, -0.25) is 4.98 Å². The number of carbonyl (C=O) groups excluding carboxylic acids is 1. The van der Waals surface area contributed by atoms with Crippen molar-refractivity contribution in [2.24, 2.45) is 0 Å². The van der Waals surface area contributed by atoms with Gasteiger partial charge in [-0.05, 0) is 37.1 Å². The molecule has 4 aromatic rings. The van der Waals surface area contributed by atoms with E-state index in [9.17, 15) is 4.79 Å². The number of fused-ring (bicyclic) bond motifs is 2. The van der Waals surface area contributed by atoms with Gasteiger partial charge in [0.05, 0.1) is 11.1 Å². The first-order chi connectivity index (χ1) is 12.8. The van der Waals surface area contributed by atoms with Crippen LogP contribution in [-0.2, 0) is 11.3 Å². The Morgan fingerprint density at radius 2 is 1.81 bits per heavy atom. The van der Waals surface area contributed by atoms with Crippen LogP contribution in [0.1, 0.15) is 40.7 Å². The Balaban J connectivity index is 1.44. The fourth-order valence-electron chi connectivity index (χ4n) is 3.14. The number of ether oxygens (including phenoxy) is 1. The van der Waals surface area contributed by atoms with Gasteiger partial charge in [0.2, 0.25) is 5.89 Å². The predicted molar refractivity (Wildman–Crippen MR) is 96.8 cm³/mol. The summed E-state index contributed by atoms with van der Waals surface area (Å²) in [6, 6.07) is 17.0. The molecule has 1 fully saturated rings. The first kappa shape index (κ1) is 15.1. The first-order valence-corrected chi connectivity index (χ1v) is 8.69. The van der Waals surface area contributed by atoms with Crippen molar-refractivity contribution in [3.8, 4) is 0 Å². The molecule has 1 aliphatic rings. The molecule has 0 amide bonds. The summed E-state index contributed by atoms with van der Waals surface area (Å²) >= 11 is 0. The van der Waals surface area contributed by atoms with E-state index in [0.29, 0.717) is 23.0 Å². The standard InChI is InChI=1S/C21H16N2O3/c24-21(25-12-20-23-17-7-3-4-8-19(17)26-20)15-11-18(13-9-10-13)22-16-6-2-1-5-14(15)16/h1-8,11,13H,9-10,12H2. The van der Waals surface area contributed by atoms with Gasteiger partial charge < -0.3 is 9.15 Å². The molecule has 5 nitrogen and oxygen atoms in total. The summed E-state index contributed by atoms with van der Waals surface area (Å²) in [6.07, 6.45) is 2.26. The molecule has 5 heteroatoms. The quantitative estimate of drug-likeness (QED) is 0.506.